The van der Waals surface area contributed by atoms with E-state index in [9.17, 15) is 0 Å². The normalized spacial score (nSPS) is 12.0. The molecule has 0 aliphatic rings. The van der Waals surface area contributed by atoms with Gasteiger partial charge >= 0.3 is 0 Å². The highest BCUT2D eigenvalue weighted by Gasteiger charge is 1.93. The van der Waals surface area contributed by atoms with E-state index in [1.807, 2.05) is 13.0 Å². The highest BCUT2D eigenvalue weighted by Crippen LogP contribution is 2.18. The molecule has 1 aromatic rings. The van der Waals surface area contributed by atoms with Gasteiger partial charge in [0.25, 0.3) is 0 Å². The SMILES string of the molecule is C/C(N)=N/c1cc(C)ns1.[HH]. The van der Waals surface area contributed by atoms with Crippen molar-refractivity contribution in [3.05, 3.63) is 11.8 Å². The van der Waals surface area contributed by atoms with E-state index < -0.39 is 0 Å². The molecule has 0 atom stereocenters. The van der Waals surface area contributed by atoms with Crippen LogP contribution in [-0.4, -0.2) is 10.2 Å². The van der Waals surface area contributed by atoms with Crippen LogP contribution in [0.5, 0.6) is 0 Å². The zero-order valence-electron chi connectivity index (χ0n) is 5.96. The average Bonchev–Trinajstić information content (AvgIpc) is 2.13. The Morgan fingerprint density at radius 2 is 2.60 bits per heavy atom. The van der Waals surface area contributed by atoms with E-state index in [2.05, 4.69) is 9.37 Å². The van der Waals surface area contributed by atoms with E-state index in [0.717, 1.165) is 10.7 Å². The molecule has 0 saturated carbocycles. The Morgan fingerprint density at radius 3 is 3.00 bits per heavy atom. The maximum absolute atomic E-state index is 5.36. The summed E-state index contributed by atoms with van der Waals surface area (Å²) >= 11 is 1.36. The van der Waals surface area contributed by atoms with Gasteiger partial charge in [-0.25, -0.2) is 4.99 Å². The van der Waals surface area contributed by atoms with E-state index in [0.29, 0.717) is 5.84 Å². The van der Waals surface area contributed by atoms with Crippen LogP contribution >= 0.6 is 11.5 Å². The van der Waals surface area contributed by atoms with Crippen LogP contribution in [0.1, 0.15) is 14.0 Å². The predicted molar refractivity (Wildman–Crippen MR) is 45.9 cm³/mol. The Hall–Kier alpha value is -0.900. The maximum Gasteiger partial charge on any atom is 0.138 e. The molecule has 0 unspecified atom stereocenters. The lowest BCUT2D eigenvalue weighted by Gasteiger charge is -1.84. The summed E-state index contributed by atoms with van der Waals surface area (Å²) in [6.45, 7) is 3.69. The van der Waals surface area contributed by atoms with E-state index in [1.165, 1.54) is 11.5 Å². The minimum absolute atomic E-state index is 0. The Kier molecular flexibility index (Phi) is 2.01. The van der Waals surface area contributed by atoms with E-state index in [-0.39, 0.29) is 1.43 Å². The lowest BCUT2D eigenvalue weighted by atomic mass is 10.5. The van der Waals surface area contributed by atoms with Crippen LogP contribution in [0.4, 0.5) is 5.00 Å². The van der Waals surface area contributed by atoms with Gasteiger partial charge in [-0.1, -0.05) is 0 Å². The summed E-state index contributed by atoms with van der Waals surface area (Å²) in [4.78, 5) is 4.03. The van der Waals surface area contributed by atoms with Crippen molar-refractivity contribution in [1.29, 1.82) is 0 Å². The molecule has 1 rings (SSSR count). The second-order valence-electron chi connectivity index (χ2n) is 2.06. The van der Waals surface area contributed by atoms with Crippen LogP contribution in [0.2, 0.25) is 0 Å². The van der Waals surface area contributed by atoms with Crippen LogP contribution in [0.3, 0.4) is 0 Å². The molecule has 1 heterocycles. The van der Waals surface area contributed by atoms with Crippen molar-refractivity contribution in [3.63, 3.8) is 0 Å². The summed E-state index contributed by atoms with van der Waals surface area (Å²) in [5.74, 6) is 0.573. The molecule has 0 spiro atoms. The number of nitrogens with two attached hydrogens (primary N) is 1. The fourth-order valence-electron chi connectivity index (χ4n) is 0.577. The fraction of sp³-hybridized carbons (Fsp3) is 0.333. The molecule has 0 amide bonds. The van der Waals surface area contributed by atoms with Gasteiger partial charge in [0.2, 0.25) is 0 Å². The topological polar surface area (TPSA) is 51.3 Å². The van der Waals surface area contributed by atoms with Crippen molar-refractivity contribution in [2.24, 2.45) is 10.7 Å². The van der Waals surface area contributed by atoms with E-state index in [1.54, 1.807) is 6.92 Å². The Morgan fingerprint density at radius 1 is 1.90 bits per heavy atom. The van der Waals surface area contributed by atoms with E-state index >= 15 is 0 Å². The number of hydrogen-bond acceptors (Lipinski definition) is 3. The molecule has 0 bridgehead atoms. The summed E-state index contributed by atoms with van der Waals surface area (Å²) in [5.41, 5.74) is 6.35. The molecule has 0 saturated heterocycles. The number of aromatic nitrogens is 1. The average molecular weight is 157 g/mol. The zero-order chi connectivity index (χ0) is 7.56. The summed E-state index contributed by atoms with van der Waals surface area (Å²) < 4.78 is 4.05. The van der Waals surface area contributed by atoms with Gasteiger partial charge in [0.15, 0.2) is 0 Å². The lowest BCUT2D eigenvalue weighted by molar-refractivity contribution is 1.34. The third-order valence-corrected chi connectivity index (χ3v) is 1.68. The smallest absolute Gasteiger partial charge is 0.138 e. The number of amidine groups is 1. The molecule has 0 aromatic carbocycles. The van der Waals surface area contributed by atoms with Gasteiger partial charge in [-0.05, 0) is 31.4 Å². The monoisotopic (exact) mass is 157 g/mol. The maximum atomic E-state index is 5.36. The molecule has 56 valence electrons. The number of aryl methyl sites for hydroxylation is 1. The molecule has 10 heavy (non-hydrogen) atoms. The van der Waals surface area contributed by atoms with Gasteiger partial charge in [-0.15, -0.1) is 0 Å². The molecule has 0 aliphatic carbocycles. The lowest BCUT2D eigenvalue weighted by Crippen LogP contribution is -2.03. The van der Waals surface area contributed by atoms with Gasteiger partial charge in [-0.2, -0.15) is 4.37 Å². The van der Waals surface area contributed by atoms with Crippen molar-refractivity contribution in [1.82, 2.24) is 4.37 Å². The molecule has 0 aliphatic heterocycles. The quantitative estimate of drug-likeness (QED) is 0.498. The summed E-state index contributed by atoms with van der Waals surface area (Å²) in [6, 6.07) is 1.90. The van der Waals surface area contributed by atoms with Gasteiger partial charge < -0.3 is 5.73 Å². The molecule has 0 radical (unpaired) electrons. The highest BCUT2D eigenvalue weighted by atomic mass is 32.1. The van der Waals surface area contributed by atoms with Gasteiger partial charge in [0.05, 0.1) is 11.5 Å². The molecule has 2 N–H and O–H groups in total. The first kappa shape index (κ1) is 7.21. The molecular formula is C6H11N3S. The molecule has 0 fully saturated rings. The van der Waals surface area contributed by atoms with Crippen molar-refractivity contribution < 1.29 is 1.43 Å². The first-order valence-electron chi connectivity index (χ1n) is 2.92. The number of nitrogens with zero attached hydrogens (tertiary/aromatic N) is 2. The minimum Gasteiger partial charge on any atom is -0.387 e. The van der Waals surface area contributed by atoms with Crippen molar-refractivity contribution >= 4 is 22.4 Å². The standard InChI is InChI=1S/C6H9N3S.H2/c1-4-3-6(10-9-4)8-5(2)7;/h3H,1-2H3,(H2,7,8);1H. The Labute approximate surface area is 65.2 Å². The number of hydrogen-bond donors (Lipinski definition) is 1. The van der Waals surface area contributed by atoms with Gasteiger partial charge in [0.1, 0.15) is 5.00 Å². The second kappa shape index (κ2) is 2.79. The van der Waals surface area contributed by atoms with Crippen LogP contribution in [-0.2, 0) is 0 Å². The Bertz CT molecular complexity index is 252. The number of rotatable bonds is 1. The highest BCUT2D eigenvalue weighted by molar-refractivity contribution is 7.09. The molecule has 4 heteroatoms. The summed E-state index contributed by atoms with van der Waals surface area (Å²) in [7, 11) is 0. The zero-order valence-corrected chi connectivity index (χ0v) is 6.77. The van der Waals surface area contributed by atoms with Crippen LogP contribution < -0.4 is 5.73 Å². The van der Waals surface area contributed by atoms with Gasteiger partial charge in [-0.3, -0.25) is 0 Å². The van der Waals surface area contributed by atoms with E-state index in [4.69, 9.17) is 5.73 Å². The van der Waals surface area contributed by atoms with Crippen molar-refractivity contribution in [3.8, 4) is 0 Å². The predicted octanol–water partition coefficient (Wildman–Crippen LogP) is 1.71. The minimum atomic E-state index is 0. The second-order valence-corrected chi connectivity index (χ2v) is 2.84. The van der Waals surface area contributed by atoms with Crippen LogP contribution in [0.15, 0.2) is 11.1 Å². The summed E-state index contributed by atoms with van der Waals surface area (Å²) in [5, 5.41) is 0.873. The largest absolute Gasteiger partial charge is 0.387 e. The van der Waals surface area contributed by atoms with Gasteiger partial charge in [0, 0.05) is 1.43 Å². The van der Waals surface area contributed by atoms with Crippen molar-refractivity contribution in [2.75, 3.05) is 0 Å². The fourth-order valence-corrected chi connectivity index (χ4v) is 1.27. The van der Waals surface area contributed by atoms with Crippen molar-refractivity contribution in [2.45, 2.75) is 13.8 Å². The Balaban J connectivity index is 0.000001000. The van der Waals surface area contributed by atoms with Crippen LogP contribution in [0, 0.1) is 6.92 Å². The molecule has 1 aromatic heterocycles. The summed E-state index contributed by atoms with van der Waals surface area (Å²) in [6.07, 6.45) is 0. The first-order chi connectivity index (χ1) is 4.68. The number of aliphatic imine (C=N–C) groups is 1. The third kappa shape index (κ3) is 1.80. The third-order valence-electron chi connectivity index (χ3n) is 0.902. The molecular weight excluding hydrogens is 146 g/mol. The van der Waals surface area contributed by atoms with Crippen LogP contribution in [0.25, 0.3) is 0 Å². The molecule has 3 nitrogen and oxygen atoms in total. The first-order valence-corrected chi connectivity index (χ1v) is 3.70.